The number of halogens is 2. The van der Waals surface area contributed by atoms with Crippen LogP contribution < -0.4 is 0 Å². The van der Waals surface area contributed by atoms with Crippen molar-refractivity contribution < 1.29 is 27.2 Å². The summed E-state index contributed by atoms with van der Waals surface area (Å²) in [7, 11) is 0. The summed E-state index contributed by atoms with van der Waals surface area (Å²) >= 11 is 0. The number of carbonyl (C=O) groups excluding carboxylic acids is 2. The normalized spacial score (nSPS) is 10.6. The number of Topliss-reactive ketones (excluding diaryl/α,β-unsaturated/α-hetero) is 2. The molecule has 0 radical (unpaired) electrons. The molecule has 0 bridgehead atoms. The molecule has 0 aliphatic rings. The highest BCUT2D eigenvalue weighted by Crippen LogP contribution is 2.24. The lowest BCUT2D eigenvalue weighted by atomic mass is 10.1. The second kappa shape index (κ2) is 6.92. The van der Waals surface area contributed by atoms with Crippen LogP contribution >= 0.6 is 0 Å². The second-order valence-corrected chi connectivity index (χ2v) is 5.63. The molecule has 0 N–H and O–H groups in total. The topological polar surface area (TPSA) is 60.4 Å². The van der Waals surface area contributed by atoms with Crippen molar-refractivity contribution in [1.82, 2.24) is 0 Å². The second-order valence-electron chi connectivity index (χ2n) is 5.63. The van der Waals surface area contributed by atoms with E-state index in [0.717, 1.165) is 0 Å². The Hall–Kier alpha value is -3.28. The van der Waals surface area contributed by atoms with Crippen LogP contribution in [0.25, 0.3) is 21.9 Å². The number of ketones is 2. The third kappa shape index (κ3) is 3.13. The van der Waals surface area contributed by atoms with E-state index in [-0.39, 0.29) is 22.7 Å². The van der Waals surface area contributed by atoms with Crippen LogP contribution in [0.5, 0.6) is 0 Å². The molecule has 0 aliphatic carbocycles. The fourth-order valence-electron chi connectivity index (χ4n) is 2.67. The number of rotatable bonds is 2. The molecule has 2 heterocycles. The van der Waals surface area contributed by atoms with Gasteiger partial charge < -0.3 is 8.83 Å². The van der Waals surface area contributed by atoms with Gasteiger partial charge in [0.05, 0.1) is 12.5 Å². The maximum atomic E-state index is 13.1. The van der Waals surface area contributed by atoms with Crippen molar-refractivity contribution in [3.05, 3.63) is 71.7 Å². The predicted octanol–water partition coefficient (Wildman–Crippen LogP) is 5.55. The molecule has 4 nitrogen and oxygen atoms in total. The summed E-state index contributed by atoms with van der Waals surface area (Å²) in [6, 6.07) is 8.60. The number of furan rings is 2. The van der Waals surface area contributed by atoms with Gasteiger partial charge in [0.2, 0.25) is 0 Å². The van der Waals surface area contributed by atoms with Gasteiger partial charge in [-0.15, -0.1) is 0 Å². The van der Waals surface area contributed by atoms with Crippen LogP contribution in [-0.2, 0) is 0 Å². The van der Waals surface area contributed by atoms with Gasteiger partial charge in [-0.3, -0.25) is 9.59 Å². The van der Waals surface area contributed by atoms with Gasteiger partial charge in [0.15, 0.2) is 34.4 Å². The Morgan fingerprint density at radius 1 is 0.692 bits per heavy atom. The Morgan fingerprint density at radius 2 is 1.08 bits per heavy atom. The smallest absolute Gasteiger partial charge is 0.170 e. The minimum atomic E-state index is -0.440. The lowest BCUT2D eigenvalue weighted by molar-refractivity contribution is 0.101. The summed E-state index contributed by atoms with van der Waals surface area (Å²) in [5.74, 6) is -1.06. The standard InChI is InChI=1S/2C10H7FO2/c2*1-6(12)7-2-3-9(11)10-8(7)4-5-13-10/h2*2-5H,1H3. The summed E-state index contributed by atoms with van der Waals surface area (Å²) in [5, 5.41) is 1.07. The summed E-state index contributed by atoms with van der Waals surface area (Å²) in [5.41, 5.74) is 1.27. The average Bonchev–Trinajstić information content (AvgIpc) is 3.25. The molecule has 2 aromatic carbocycles. The molecule has 4 aromatic rings. The van der Waals surface area contributed by atoms with E-state index < -0.39 is 11.6 Å². The van der Waals surface area contributed by atoms with E-state index in [1.54, 1.807) is 12.1 Å². The maximum Gasteiger partial charge on any atom is 0.170 e. The molecule has 0 atom stereocenters. The van der Waals surface area contributed by atoms with Crippen LogP contribution in [0.4, 0.5) is 8.78 Å². The van der Waals surface area contributed by atoms with Crippen LogP contribution in [0.1, 0.15) is 34.6 Å². The fourth-order valence-corrected chi connectivity index (χ4v) is 2.67. The third-order valence-corrected chi connectivity index (χ3v) is 3.90. The van der Waals surface area contributed by atoms with E-state index in [0.29, 0.717) is 21.9 Å². The quantitative estimate of drug-likeness (QED) is 0.442. The first kappa shape index (κ1) is 17.5. The molecule has 4 rings (SSSR count). The third-order valence-electron chi connectivity index (χ3n) is 3.90. The van der Waals surface area contributed by atoms with E-state index in [2.05, 4.69) is 0 Å². The summed E-state index contributed by atoms with van der Waals surface area (Å²) in [4.78, 5) is 22.2. The van der Waals surface area contributed by atoms with Crippen molar-refractivity contribution in [1.29, 1.82) is 0 Å². The first-order valence-corrected chi connectivity index (χ1v) is 7.73. The van der Waals surface area contributed by atoms with Crippen molar-refractivity contribution in [2.75, 3.05) is 0 Å². The van der Waals surface area contributed by atoms with E-state index in [1.165, 1.54) is 50.6 Å². The highest BCUT2D eigenvalue weighted by Gasteiger charge is 2.12. The predicted molar refractivity (Wildman–Crippen MR) is 92.4 cm³/mol. The maximum absolute atomic E-state index is 13.1. The average molecular weight is 356 g/mol. The van der Waals surface area contributed by atoms with Gasteiger partial charge in [-0.25, -0.2) is 8.78 Å². The fraction of sp³-hybridized carbons (Fsp3) is 0.100. The number of hydrogen-bond acceptors (Lipinski definition) is 4. The minimum Gasteiger partial charge on any atom is -0.461 e. The molecule has 0 saturated carbocycles. The van der Waals surface area contributed by atoms with Crippen molar-refractivity contribution in [2.24, 2.45) is 0 Å². The minimum absolute atomic E-state index is 0.0913. The molecule has 0 saturated heterocycles. The van der Waals surface area contributed by atoms with Crippen LogP contribution in [-0.4, -0.2) is 11.6 Å². The van der Waals surface area contributed by atoms with E-state index in [4.69, 9.17) is 8.83 Å². The molecule has 0 spiro atoms. The first-order chi connectivity index (χ1) is 12.4. The van der Waals surface area contributed by atoms with Gasteiger partial charge in [0, 0.05) is 21.9 Å². The molecule has 26 heavy (non-hydrogen) atoms. The highest BCUT2D eigenvalue weighted by molar-refractivity contribution is 6.06. The Kier molecular flexibility index (Phi) is 4.67. The Morgan fingerprint density at radius 3 is 1.42 bits per heavy atom. The number of carbonyl (C=O) groups is 2. The van der Waals surface area contributed by atoms with Crippen LogP contribution in [0.2, 0.25) is 0 Å². The number of hydrogen-bond donors (Lipinski definition) is 0. The summed E-state index contributed by atoms with van der Waals surface area (Å²) in [6.45, 7) is 2.89. The molecule has 2 aromatic heterocycles. The molecule has 0 fully saturated rings. The Labute approximate surface area is 147 Å². The lowest BCUT2D eigenvalue weighted by Crippen LogP contribution is -1.92. The summed E-state index contributed by atoms with van der Waals surface area (Å²) < 4.78 is 35.9. The molecule has 0 aliphatic heterocycles. The number of fused-ring (bicyclic) bond motifs is 2. The van der Waals surface area contributed by atoms with E-state index >= 15 is 0 Å². The van der Waals surface area contributed by atoms with Crippen molar-refractivity contribution in [3.8, 4) is 0 Å². The summed E-state index contributed by atoms with van der Waals surface area (Å²) in [6.07, 6.45) is 2.75. The van der Waals surface area contributed by atoms with Gasteiger partial charge in [0.25, 0.3) is 0 Å². The molecule has 0 unspecified atom stereocenters. The lowest BCUT2D eigenvalue weighted by Gasteiger charge is -1.97. The molecular formula is C20H14F2O4. The molecular weight excluding hydrogens is 342 g/mol. The van der Waals surface area contributed by atoms with Crippen LogP contribution in [0.15, 0.2) is 57.8 Å². The Bertz CT molecular complexity index is 1030. The van der Waals surface area contributed by atoms with E-state index in [9.17, 15) is 18.4 Å². The monoisotopic (exact) mass is 356 g/mol. The Balaban J connectivity index is 0.000000151. The zero-order chi connectivity index (χ0) is 18.8. The van der Waals surface area contributed by atoms with Gasteiger partial charge in [-0.2, -0.15) is 0 Å². The SMILES string of the molecule is CC(=O)c1ccc(F)c2occc12.CC(=O)c1ccc(F)c2occc12. The van der Waals surface area contributed by atoms with Crippen molar-refractivity contribution in [3.63, 3.8) is 0 Å². The first-order valence-electron chi connectivity index (χ1n) is 7.73. The highest BCUT2D eigenvalue weighted by atomic mass is 19.1. The molecule has 0 amide bonds. The van der Waals surface area contributed by atoms with Gasteiger partial charge >= 0.3 is 0 Å². The van der Waals surface area contributed by atoms with Crippen molar-refractivity contribution >= 4 is 33.5 Å². The van der Waals surface area contributed by atoms with Gasteiger partial charge in [0.1, 0.15) is 0 Å². The van der Waals surface area contributed by atoms with Crippen LogP contribution in [0, 0.1) is 11.6 Å². The van der Waals surface area contributed by atoms with Crippen LogP contribution in [0.3, 0.4) is 0 Å². The van der Waals surface area contributed by atoms with E-state index in [1.807, 2.05) is 0 Å². The van der Waals surface area contributed by atoms with Crippen molar-refractivity contribution in [2.45, 2.75) is 13.8 Å². The zero-order valence-electron chi connectivity index (χ0n) is 14.0. The molecule has 132 valence electrons. The zero-order valence-corrected chi connectivity index (χ0v) is 14.0. The van der Waals surface area contributed by atoms with Gasteiger partial charge in [-0.05, 0) is 50.2 Å². The molecule has 6 heteroatoms. The number of benzene rings is 2. The van der Waals surface area contributed by atoms with Gasteiger partial charge in [-0.1, -0.05) is 0 Å². The largest absolute Gasteiger partial charge is 0.461 e.